The average Bonchev–Trinajstić information content (AvgIpc) is 2.92. The van der Waals surface area contributed by atoms with Crippen molar-refractivity contribution < 1.29 is 19.4 Å². The van der Waals surface area contributed by atoms with Gasteiger partial charge in [0, 0.05) is 52.4 Å². The highest BCUT2D eigenvalue weighted by atomic mass is 16.5. The molecule has 0 bridgehead atoms. The molecule has 3 rings (SSSR count). The van der Waals surface area contributed by atoms with Crippen molar-refractivity contribution in [2.75, 3.05) is 53.0 Å². The van der Waals surface area contributed by atoms with Crippen molar-refractivity contribution in [1.29, 1.82) is 0 Å². The van der Waals surface area contributed by atoms with Crippen molar-refractivity contribution in [3.63, 3.8) is 0 Å². The average molecular weight is 354 g/mol. The highest BCUT2D eigenvalue weighted by Crippen LogP contribution is 2.44. The zero-order valence-electron chi connectivity index (χ0n) is 15.9. The number of aliphatic hydroxyl groups excluding tert-OH is 1. The number of carbonyl (C=O) groups excluding carboxylic acids is 1. The van der Waals surface area contributed by atoms with E-state index >= 15 is 0 Å². The maximum absolute atomic E-state index is 13.1. The summed E-state index contributed by atoms with van der Waals surface area (Å²) in [6.45, 7) is 9.14. The SMILES string of the molecule is COCC1(C(=O)N2C[C@@H](CN3C[C@@H](C)O[C@@H](C)C3)[C@@H](CO)C2)CCC1. The fourth-order valence-electron chi connectivity index (χ4n) is 4.92. The Hall–Kier alpha value is -0.690. The summed E-state index contributed by atoms with van der Waals surface area (Å²) < 4.78 is 11.2. The summed E-state index contributed by atoms with van der Waals surface area (Å²) in [7, 11) is 1.68. The Morgan fingerprint density at radius 2 is 1.80 bits per heavy atom. The third kappa shape index (κ3) is 4.02. The predicted octanol–water partition coefficient (Wildman–Crippen LogP) is 0.979. The van der Waals surface area contributed by atoms with Crippen LogP contribution in [0, 0.1) is 17.3 Å². The molecular weight excluding hydrogens is 320 g/mol. The standard InChI is InChI=1S/C19H34N2O4/c1-14-7-20(8-15(2)25-14)9-16-10-21(11-17(16)12-22)18(23)19(13-24-3)5-4-6-19/h14-17,22H,4-13H2,1-3H3/t14-,15+,16-,17-/m1/s1. The maximum Gasteiger partial charge on any atom is 0.231 e. The van der Waals surface area contributed by atoms with Crippen LogP contribution in [0.2, 0.25) is 0 Å². The molecule has 6 heteroatoms. The van der Waals surface area contributed by atoms with E-state index in [0.717, 1.165) is 45.4 Å². The lowest BCUT2D eigenvalue weighted by atomic mass is 9.68. The number of rotatable bonds is 6. The van der Waals surface area contributed by atoms with Crippen molar-refractivity contribution in [2.24, 2.45) is 17.3 Å². The Morgan fingerprint density at radius 1 is 1.16 bits per heavy atom. The van der Waals surface area contributed by atoms with Gasteiger partial charge in [0.05, 0.1) is 24.2 Å². The molecule has 0 aromatic rings. The van der Waals surface area contributed by atoms with E-state index in [4.69, 9.17) is 9.47 Å². The van der Waals surface area contributed by atoms with Crippen molar-refractivity contribution in [2.45, 2.75) is 45.3 Å². The molecule has 4 atom stereocenters. The number of methoxy groups -OCH3 is 1. The molecule has 2 saturated heterocycles. The lowest BCUT2D eigenvalue weighted by Gasteiger charge is -2.42. The van der Waals surface area contributed by atoms with Crippen LogP contribution < -0.4 is 0 Å². The third-order valence-electron chi connectivity index (χ3n) is 6.27. The zero-order valence-corrected chi connectivity index (χ0v) is 15.9. The zero-order chi connectivity index (χ0) is 18.0. The minimum atomic E-state index is -0.300. The van der Waals surface area contributed by atoms with E-state index in [-0.39, 0.29) is 36.1 Å². The molecule has 2 heterocycles. The van der Waals surface area contributed by atoms with Gasteiger partial charge >= 0.3 is 0 Å². The van der Waals surface area contributed by atoms with E-state index in [1.54, 1.807) is 7.11 Å². The molecule has 25 heavy (non-hydrogen) atoms. The molecule has 0 aromatic carbocycles. The molecule has 6 nitrogen and oxygen atoms in total. The van der Waals surface area contributed by atoms with E-state index < -0.39 is 0 Å². The van der Waals surface area contributed by atoms with Crippen molar-refractivity contribution in [3.05, 3.63) is 0 Å². The third-order valence-corrected chi connectivity index (χ3v) is 6.27. The van der Waals surface area contributed by atoms with Crippen LogP contribution >= 0.6 is 0 Å². The van der Waals surface area contributed by atoms with Crippen LogP contribution in [0.3, 0.4) is 0 Å². The Balaban J connectivity index is 1.61. The van der Waals surface area contributed by atoms with Gasteiger partial charge in [-0.1, -0.05) is 6.42 Å². The second kappa shape index (κ2) is 7.91. The minimum Gasteiger partial charge on any atom is -0.396 e. The molecule has 0 unspecified atom stereocenters. The van der Waals surface area contributed by atoms with Crippen LogP contribution in [0.25, 0.3) is 0 Å². The van der Waals surface area contributed by atoms with Gasteiger partial charge in [-0.15, -0.1) is 0 Å². The van der Waals surface area contributed by atoms with E-state index in [2.05, 4.69) is 18.7 Å². The molecule has 144 valence electrons. The summed E-state index contributed by atoms with van der Waals surface area (Å²) >= 11 is 0. The molecule has 1 N–H and O–H groups in total. The Morgan fingerprint density at radius 3 is 2.32 bits per heavy atom. The first-order valence-electron chi connectivity index (χ1n) is 9.74. The monoisotopic (exact) mass is 354 g/mol. The fourth-order valence-corrected chi connectivity index (χ4v) is 4.92. The summed E-state index contributed by atoms with van der Waals surface area (Å²) in [5.74, 6) is 0.758. The molecule has 1 aliphatic carbocycles. The van der Waals surface area contributed by atoms with Gasteiger partial charge in [0.25, 0.3) is 0 Å². The van der Waals surface area contributed by atoms with E-state index in [1.165, 1.54) is 0 Å². The number of morpholine rings is 1. The summed E-state index contributed by atoms with van der Waals surface area (Å²) in [4.78, 5) is 17.5. The molecule has 2 aliphatic heterocycles. The quantitative estimate of drug-likeness (QED) is 0.770. The van der Waals surface area contributed by atoms with Crippen LogP contribution in [0.4, 0.5) is 0 Å². The van der Waals surface area contributed by atoms with Gasteiger partial charge in [-0.25, -0.2) is 0 Å². The van der Waals surface area contributed by atoms with Gasteiger partial charge in [-0.05, 0) is 32.6 Å². The smallest absolute Gasteiger partial charge is 0.231 e. The van der Waals surface area contributed by atoms with Crippen LogP contribution in [-0.2, 0) is 14.3 Å². The van der Waals surface area contributed by atoms with Crippen LogP contribution in [0.15, 0.2) is 0 Å². The highest BCUT2D eigenvalue weighted by molar-refractivity contribution is 5.84. The maximum atomic E-state index is 13.1. The molecule has 3 aliphatic rings. The summed E-state index contributed by atoms with van der Waals surface area (Å²) in [5.41, 5.74) is -0.300. The molecule has 0 spiro atoms. The number of likely N-dealkylation sites (tertiary alicyclic amines) is 1. The minimum absolute atomic E-state index is 0.154. The summed E-state index contributed by atoms with van der Waals surface area (Å²) in [5, 5.41) is 9.84. The van der Waals surface area contributed by atoms with E-state index in [0.29, 0.717) is 19.1 Å². The second-order valence-electron chi connectivity index (χ2n) is 8.46. The molecule has 1 amide bonds. The molecule has 3 fully saturated rings. The summed E-state index contributed by atoms with van der Waals surface area (Å²) in [6.07, 6.45) is 3.47. The van der Waals surface area contributed by atoms with Gasteiger partial charge in [0.2, 0.25) is 5.91 Å². The molecule has 1 saturated carbocycles. The van der Waals surface area contributed by atoms with Crippen molar-refractivity contribution in [1.82, 2.24) is 9.80 Å². The number of hydrogen-bond acceptors (Lipinski definition) is 5. The van der Waals surface area contributed by atoms with E-state index in [1.807, 2.05) is 4.90 Å². The second-order valence-corrected chi connectivity index (χ2v) is 8.46. The molecular formula is C19H34N2O4. The van der Waals surface area contributed by atoms with Crippen LogP contribution in [-0.4, -0.2) is 86.1 Å². The lowest BCUT2D eigenvalue weighted by Crippen LogP contribution is -2.50. The number of nitrogens with zero attached hydrogens (tertiary/aromatic N) is 2. The molecule has 0 radical (unpaired) electrons. The first-order valence-corrected chi connectivity index (χ1v) is 9.74. The number of ether oxygens (including phenoxy) is 2. The normalized spacial score (nSPS) is 35.6. The van der Waals surface area contributed by atoms with Gasteiger partial charge in [0.1, 0.15) is 0 Å². The Bertz CT molecular complexity index is 458. The van der Waals surface area contributed by atoms with Crippen molar-refractivity contribution >= 4 is 5.91 Å². The van der Waals surface area contributed by atoms with Gasteiger partial charge in [-0.2, -0.15) is 0 Å². The Kier molecular flexibility index (Phi) is 6.03. The lowest BCUT2D eigenvalue weighted by molar-refractivity contribution is -0.151. The van der Waals surface area contributed by atoms with Gasteiger partial charge in [-0.3, -0.25) is 9.69 Å². The number of aliphatic hydroxyl groups is 1. The fraction of sp³-hybridized carbons (Fsp3) is 0.947. The van der Waals surface area contributed by atoms with E-state index in [9.17, 15) is 9.90 Å². The topological polar surface area (TPSA) is 62.2 Å². The number of hydrogen-bond donors (Lipinski definition) is 1. The Labute approximate surface area is 151 Å². The molecule has 0 aromatic heterocycles. The van der Waals surface area contributed by atoms with Crippen LogP contribution in [0.1, 0.15) is 33.1 Å². The first kappa shape index (κ1) is 19.1. The summed E-state index contributed by atoms with van der Waals surface area (Å²) in [6, 6.07) is 0. The highest BCUT2D eigenvalue weighted by Gasteiger charge is 2.49. The van der Waals surface area contributed by atoms with Crippen molar-refractivity contribution in [3.8, 4) is 0 Å². The van der Waals surface area contributed by atoms with Gasteiger partial charge < -0.3 is 19.5 Å². The predicted molar refractivity (Wildman–Crippen MR) is 95.3 cm³/mol. The van der Waals surface area contributed by atoms with Crippen LogP contribution in [0.5, 0.6) is 0 Å². The first-order chi connectivity index (χ1) is 12.0. The largest absolute Gasteiger partial charge is 0.396 e. The van der Waals surface area contributed by atoms with Gasteiger partial charge in [0.15, 0.2) is 0 Å². The number of carbonyl (C=O) groups is 1. The number of amides is 1.